The van der Waals surface area contributed by atoms with Crippen LogP contribution in [-0.2, 0) is 21.3 Å². The van der Waals surface area contributed by atoms with E-state index in [-0.39, 0.29) is 78.4 Å². The van der Waals surface area contributed by atoms with Crippen LogP contribution in [0.15, 0.2) is 102 Å². The van der Waals surface area contributed by atoms with E-state index in [4.69, 9.17) is 18.9 Å². The van der Waals surface area contributed by atoms with E-state index in [2.05, 4.69) is 72.8 Å². The molecule has 6 heterocycles. The summed E-state index contributed by atoms with van der Waals surface area (Å²) < 4.78 is 82.6. The molecule has 11 rings (SSSR count). The van der Waals surface area contributed by atoms with Gasteiger partial charge in [0.2, 0.25) is 6.79 Å². The van der Waals surface area contributed by atoms with E-state index in [1.54, 1.807) is 24.4 Å². The second-order valence-electron chi connectivity index (χ2n) is 21.0. The number of pyridine rings is 1. The molecule has 1 saturated carbocycles. The molecule has 6 aromatic rings. The zero-order valence-electron chi connectivity index (χ0n) is 41.9. The topological polar surface area (TPSA) is 194 Å². The van der Waals surface area contributed by atoms with Gasteiger partial charge in [0.1, 0.15) is 33.5 Å². The molecule has 1 spiro atoms. The first-order valence-corrected chi connectivity index (χ1v) is 27.1. The maximum absolute atomic E-state index is 15.6. The molecule has 1 atom stereocenters. The third kappa shape index (κ3) is 10.3. The Balaban J connectivity index is 0.810. The Morgan fingerprint density at radius 2 is 1.72 bits per heavy atom. The number of nitrogens with zero attached hydrogens (tertiary/aromatic N) is 5. The van der Waals surface area contributed by atoms with Gasteiger partial charge in [-0.25, -0.2) is 26.9 Å². The summed E-state index contributed by atoms with van der Waals surface area (Å²) in [4.78, 5) is 40.2. The van der Waals surface area contributed by atoms with Crippen molar-refractivity contribution in [1.29, 1.82) is 0 Å². The van der Waals surface area contributed by atoms with Gasteiger partial charge in [-0.05, 0) is 90.1 Å². The quantitative estimate of drug-likeness (QED) is 0.0650. The Morgan fingerprint density at radius 3 is 2.48 bits per heavy atom. The minimum atomic E-state index is -4.89. The first kappa shape index (κ1) is 50.3. The number of anilines is 2. The molecule has 5 aliphatic rings. The largest absolute Gasteiger partial charge is 0.455 e. The molecule has 0 bridgehead atoms. The van der Waals surface area contributed by atoms with E-state index < -0.39 is 43.9 Å². The van der Waals surface area contributed by atoms with Crippen LogP contribution in [0.3, 0.4) is 0 Å². The lowest BCUT2D eigenvalue weighted by Gasteiger charge is -2.58. The number of nitro groups is 1. The molecule has 3 N–H and O–H groups in total. The van der Waals surface area contributed by atoms with E-state index in [1.165, 1.54) is 35.5 Å². The number of ether oxygens (including phenoxy) is 4. The number of sulfonamides is 1. The SMILES string of the molecule is CC(C)c1ccccc1C1CN(Cc2ccc(F)cc2)CCN1C1CC2(CCN(c3ccc(C(=O)NS(=O)(=O)c4cc([N+](=O)[O-])c(NCC5(F)CCOCC5)c5c4OCO5)c(Oc4cnc5[nH]ccc5c4)c3)CC2)C1. The number of rotatable bonds is 15. The summed E-state index contributed by atoms with van der Waals surface area (Å²) in [7, 11) is -4.89. The highest BCUT2D eigenvalue weighted by molar-refractivity contribution is 7.90. The molecule has 4 aromatic carbocycles. The highest BCUT2D eigenvalue weighted by atomic mass is 32.2. The van der Waals surface area contributed by atoms with Crippen molar-refractivity contribution >= 4 is 44.0 Å². The third-order valence-electron chi connectivity index (χ3n) is 15.9. The van der Waals surface area contributed by atoms with Crippen molar-refractivity contribution in [3.05, 3.63) is 136 Å². The van der Waals surface area contributed by atoms with Gasteiger partial charge in [0, 0.05) is 113 Å². The van der Waals surface area contributed by atoms with Crippen molar-refractivity contribution in [2.75, 3.05) is 69.5 Å². The van der Waals surface area contributed by atoms with Gasteiger partial charge >= 0.3 is 0 Å². The zero-order chi connectivity index (χ0) is 52.1. The van der Waals surface area contributed by atoms with Crippen LogP contribution >= 0.6 is 0 Å². The van der Waals surface area contributed by atoms with Gasteiger partial charge < -0.3 is 34.1 Å². The summed E-state index contributed by atoms with van der Waals surface area (Å²) >= 11 is 0. The Kier molecular flexibility index (Phi) is 13.6. The zero-order valence-corrected chi connectivity index (χ0v) is 42.7. The number of aromatic nitrogens is 2. The number of hydrogen-bond acceptors (Lipinski definition) is 14. The second kappa shape index (κ2) is 20.3. The van der Waals surface area contributed by atoms with Crippen LogP contribution in [-0.4, -0.2) is 110 Å². The molecule has 1 amide bonds. The number of piperazine rings is 1. The van der Waals surface area contributed by atoms with Crippen molar-refractivity contribution in [3.63, 3.8) is 0 Å². The van der Waals surface area contributed by atoms with Gasteiger partial charge in [0.25, 0.3) is 21.6 Å². The first-order valence-electron chi connectivity index (χ1n) is 25.6. The van der Waals surface area contributed by atoms with Crippen molar-refractivity contribution in [2.24, 2.45) is 5.41 Å². The molecule has 4 fully saturated rings. The fourth-order valence-electron chi connectivity index (χ4n) is 11.7. The molecular formula is C55H60F2N8O9S. The monoisotopic (exact) mass is 1050 g/mol. The molecule has 20 heteroatoms. The number of nitrogens with one attached hydrogen (secondary N) is 3. The number of piperidine rings is 1. The van der Waals surface area contributed by atoms with Crippen LogP contribution in [0.25, 0.3) is 11.0 Å². The molecule has 17 nitrogen and oxygen atoms in total. The lowest BCUT2D eigenvalue weighted by Crippen LogP contribution is -2.60. The second-order valence-corrected chi connectivity index (χ2v) is 22.6. The minimum Gasteiger partial charge on any atom is -0.455 e. The highest BCUT2D eigenvalue weighted by Crippen LogP contribution is 2.54. The molecule has 394 valence electrons. The number of aromatic amines is 1. The number of H-pyrrole nitrogens is 1. The van der Waals surface area contributed by atoms with E-state index >= 15 is 4.39 Å². The van der Waals surface area contributed by atoms with E-state index in [0.717, 1.165) is 87.7 Å². The fraction of sp³-hybridized carbons (Fsp3) is 0.418. The average Bonchev–Trinajstić information content (AvgIpc) is 4.08. The maximum Gasteiger partial charge on any atom is 0.297 e. The van der Waals surface area contributed by atoms with Gasteiger partial charge in [-0.2, -0.15) is 0 Å². The number of hydrogen-bond donors (Lipinski definition) is 3. The summed E-state index contributed by atoms with van der Waals surface area (Å²) in [6.45, 7) is 9.10. The number of benzene rings is 4. The summed E-state index contributed by atoms with van der Waals surface area (Å²) in [5, 5.41) is 16.0. The van der Waals surface area contributed by atoms with Crippen molar-refractivity contribution in [2.45, 2.75) is 87.5 Å². The maximum atomic E-state index is 15.6. The number of nitro benzene ring substituents is 1. The van der Waals surface area contributed by atoms with Crippen molar-refractivity contribution in [3.8, 4) is 23.0 Å². The Labute approximate surface area is 433 Å². The normalized spacial score (nSPS) is 19.8. The summed E-state index contributed by atoms with van der Waals surface area (Å²) in [6.07, 6.45) is 7.47. The highest BCUT2D eigenvalue weighted by Gasteiger charge is 2.50. The first-order chi connectivity index (χ1) is 36.1. The molecule has 3 saturated heterocycles. The van der Waals surface area contributed by atoms with Crippen molar-refractivity contribution in [1.82, 2.24) is 24.5 Å². The van der Waals surface area contributed by atoms with Gasteiger partial charge in [-0.15, -0.1) is 0 Å². The summed E-state index contributed by atoms with van der Waals surface area (Å²) in [5.41, 5.74) is 2.63. The number of fused-ring (bicyclic) bond motifs is 2. The van der Waals surface area contributed by atoms with E-state index in [9.17, 15) is 27.7 Å². The number of alkyl halides is 1. The molecule has 1 aliphatic carbocycles. The lowest BCUT2D eigenvalue weighted by molar-refractivity contribution is -0.384. The van der Waals surface area contributed by atoms with Gasteiger partial charge in [-0.3, -0.25) is 24.7 Å². The van der Waals surface area contributed by atoms with Crippen LogP contribution in [0.4, 0.5) is 25.8 Å². The number of carbonyl (C=O) groups is 1. The molecular weight excluding hydrogens is 987 g/mol. The number of halogens is 2. The minimum absolute atomic E-state index is 0.0624. The Bertz CT molecular complexity index is 3230. The predicted molar refractivity (Wildman–Crippen MR) is 277 cm³/mol. The van der Waals surface area contributed by atoms with Gasteiger partial charge in [-0.1, -0.05) is 50.2 Å². The third-order valence-corrected chi connectivity index (χ3v) is 17.2. The van der Waals surface area contributed by atoms with Gasteiger partial charge in [0.15, 0.2) is 17.2 Å². The lowest BCUT2D eigenvalue weighted by atomic mass is 9.59. The summed E-state index contributed by atoms with van der Waals surface area (Å²) in [5.74, 6) is -1.20. The Hall–Kier alpha value is -6.87. The smallest absolute Gasteiger partial charge is 0.297 e. The van der Waals surface area contributed by atoms with Crippen LogP contribution in [0.2, 0.25) is 0 Å². The van der Waals surface area contributed by atoms with Crippen LogP contribution in [0.5, 0.6) is 23.0 Å². The molecule has 2 aromatic heterocycles. The molecule has 4 aliphatic heterocycles. The van der Waals surface area contributed by atoms with Crippen LogP contribution in [0, 0.1) is 21.3 Å². The van der Waals surface area contributed by atoms with Crippen LogP contribution in [0.1, 0.15) is 91.4 Å². The standard InChI is InChI=1S/C55H60F2N8O9S/c1-35(2)42-5-3-4-6-43(42)46-32-62(31-36-7-9-38(56)10-8-36)21-22-64(46)40-28-54(29-40)14-19-63(20-15-54)39-11-12-44(47(26-39)74-41-25-37-13-18-58-52(37)59-30-41)53(66)61-75(69,70)48-27-45(65(67)68)49(51-50(48)72-34-73-51)60-33-55(57)16-23-71-24-17-55/h3-13,18,25-27,30,35,40,46,60H,14-17,19-24,28-29,31-34H2,1-2H3,(H,58,59)(H,61,66). The van der Waals surface area contributed by atoms with E-state index in [0.29, 0.717) is 23.4 Å². The molecule has 1 unspecified atom stereocenters. The Morgan fingerprint density at radius 1 is 0.960 bits per heavy atom. The number of carbonyl (C=O) groups excluding carboxylic acids is 1. The predicted octanol–water partition coefficient (Wildman–Crippen LogP) is 9.61. The fourth-order valence-corrected chi connectivity index (χ4v) is 12.9. The molecule has 75 heavy (non-hydrogen) atoms. The molecule has 0 radical (unpaired) electrons. The number of amides is 1. The average molecular weight is 1050 g/mol. The van der Waals surface area contributed by atoms with E-state index in [1.807, 2.05) is 18.2 Å². The summed E-state index contributed by atoms with van der Waals surface area (Å²) in [6, 6.07) is 25.7. The van der Waals surface area contributed by atoms with Crippen molar-refractivity contribution < 1.29 is 45.9 Å². The van der Waals surface area contributed by atoms with Gasteiger partial charge in [0.05, 0.1) is 16.7 Å². The van der Waals surface area contributed by atoms with Crippen LogP contribution < -0.4 is 29.1 Å².